The van der Waals surface area contributed by atoms with Crippen LogP contribution in [0.15, 0.2) is 66.8 Å². The molecule has 114 valence electrons. The van der Waals surface area contributed by atoms with Crippen molar-refractivity contribution >= 4 is 0 Å². The van der Waals surface area contributed by atoms with Crippen LogP contribution in [-0.2, 0) is 26.2 Å². The molecule has 0 aliphatic heterocycles. The van der Waals surface area contributed by atoms with E-state index in [1.807, 2.05) is 12.2 Å². The Morgan fingerprint density at radius 3 is 1.36 bits per heavy atom. The molecule has 0 bridgehead atoms. The summed E-state index contributed by atoms with van der Waals surface area (Å²) in [5.74, 6) is -0.483. The van der Waals surface area contributed by atoms with Crippen LogP contribution in [0.3, 0.4) is 0 Å². The molecule has 0 aromatic heterocycles. The van der Waals surface area contributed by atoms with Crippen LogP contribution in [-0.4, -0.2) is 10.2 Å². The van der Waals surface area contributed by atoms with Gasteiger partial charge in [-0.25, -0.2) is 20.9 Å². The van der Waals surface area contributed by atoms with Gasteiger partial charge in [0, 0.05) is 26.2 Å². The van der Waals surface area contributed by atoms with Gasteiger partial charge in [-0.1, -0.05) is 0 Å². The summed E-state index contributed by atoms with van der Waals surface area (Å²) in [4.78, 5) is 0. The Morgan fingerprint density at radius 2 is 1.18 bits per heavy atom. The van der Waals surface area contributed by atoms with Gasteiger partial charge in [-0.2, -0.15) is 6.08 Å². The number of allylic oxidation sites excluding steroid dienone is 4. The molecule has 0 radical (unpaired) electrons. The predicted molar refractivity (Wildman–Crippen MR) is 77.7 cm³/mol. The molecule has 22 heavy (non-hydrogen) atoms. The average molecular weight is 381 g/mol. The Balaban J connectivity index is 0.000000302. The van der Waals surface area contributed by atoms with Crippen molar-refractivity contribution in [3.63, 3.8) is 0 Å². The minimum Gasteiger partial charge on any atom is -0.508 e. The fraction of sp³-hybridized carbons (Fsp3) is 0.0588. The maximum Gasteiger partial charge on any atom is 0.123 e. The van der Waals surface area contributed by atoms with Crippen molar-refractivity contribution in [1.82, 2.24) is 0 Å². The van der Waals surface area contributed by atoms with E-state index in [1.54, 1.807) is 0 Å². The Morgan fingerprint density at radius 1 is 0.773 bits per heavy atom. The molecule has 0 amide bonds. The van der Waals surface area contributed by atoms with Gasteiger partial charge in [0.2, 0.25) is 0 Å². The van der Waals surface area contributed by atoms with Crippen LogP contribution in [0.2, 0.25) is 0 Å². The molecule has 0 unspecified atom stereocenters. The third kappa shape index (κ3) is 10.1. The second-order valence-corrected chi connectivity index (χ2v) is 3.96. The summed E-state index contributed by atoms with van der Waals surface area (Å²) in [5.41, 5.74) is 0. The monoisotopic (exact) mass is 379 g/mol. The van der Waals surface area contributed by atoms with Gasteiger partial charge in [-0.15, -0.1) is 6.42 Å². The standard InChI is InChI=1S/2C6H5FO.C5H5.Zr/c2*7-5-1-3-6(8)4-2-5;1-2-4-5-3-1;/h2*1-4,8H;1-3H,4H2;/q;;-1;. The fourth-order valence-electron chi connectivity index (χ4n) is 1.22. The van der Waals surface area contributed by atoms with E-state index in [2.05, 4.69) is 12.2 Å². The zero-order chi connectivity index (χ0) is 15.5. The van der Waals surface area contributed by atoms with Crippen molar-refractivity contribution in [2.75, 3.05) is 0 Å². The Bertz CT molecular complexity index is 483. The van der Waals surface area contributed by atoms with Gasteiger partial charge >= 0.3 is 0 Å². The van der Waals surface area contributed by atoms with Crippen LogP contribution >= 0.6 is 0 Å². The molecular weight excluding hydrogens is 365 g/mol. The van der Waals surface area contributed by atoms with E-state index in [4.69, 9.17) is 10.2 Å². The van der Waals surface area contributed by atoms with Crippen LogP contribution in [0.25, 0.3) is 0 Å². The molecule has 3 rings (SSSR count). The van der Waals surface area contributed by atoms with E-state index in [-0.39, 0.29) is 49.3 Å². The topological polar surface area (TPSA) is 40.5 Å². The van der Waals surface area contributed by atoms with Crippen LogP contribution in [0.5, 0.6) is 11.5 Å². The van der Waals surface area contributed by atoms with E-state index in [0.717, 1.165) is 6.42 Å². The SMILES string of the molecule is Oc1ccc(F)cc1.Oc1ccc(F)cc1.[C-]1=CC=CC1.[Zr]. The molecular formula is C17H15F2O2Zr-. The summed E-state index contributed by atoms with van der Waals surface area (Å²) in [6, 6.07) is 10.0. The average Bonchev–Trinajstić information content (AvgIpc) is 3.06. The van der Waals surface area contributed by atoms with E-state index in [0.29, 0.717) is 0 Å². The number of phenols is 2. The zero-order valence-electron chi connectivity index (χ0n) is 11.7. The number of hydrogen-bond acceptors (Lipinski definition) is 2. The fourth-order valence-corrected chi connectivity index (χ4v) is 1.22. The van der Waals surface area contributed by atoms with Gasteiger partial charge in [0.05, 0.1) is 0 Å². The van der Waals surface area contributed by atoms with Gasteiger partial charge in [-0.3, -0.25) is 6.08 Å². The van der Waals surface area contributed by atoms with E-state index in [1.165, 1.54) is 48.5 Å². The quantitative estimate of drug-likeness (QED) is 0.667. The van der Waals surface area contributed by atoms with Gasteiger partial charge in [0.15, 0.2) is 0 Å². The Kier molecular flexibility index (Phi) is 10.9. The molecule has 0 spiro atoms. The predicted octanol–water partition coefficient (Wildman–Crippen LogP) is 4.37. The third-order valence-corrected chi connectivity index (χ3v) is 2.24. The van der Waals surface area contributed by atoms with Crippen molar-refractivity contribution in [2.24, 2.45) is 0 Å². The molecule has 2 aromatic carbocycles. The molecule has 0 atom stereocenters. The molecule has 0 heterocycles. The summed E-state index contributed by atoms with van der Waals surface area (Å²) >= 11 is 0. The number of benzene rings is 2. The Labute approximate surface area is 147 Å². The first-order valence-electron chi connectivity index (χ1n) is 6.19. The molecule has 2 aromatic rings. The van der Waals surface area contributed by atoms with Crippen molar-refractivity contribution in [3.05, 3.63) is 84.5 Å². The molecule has 0 saturated carbocycles. The first-order valence-corrected chi connectivity index (χ1v) is 6.19. The Hall–Kier alpha value is -1.74. The van der Waals surface area contributed by atoms with Crippen molar-refractivity contribution in [2.45, 2.75) is 6.42 Å². The number of halogens is 2. The second kappa shape index (κ2) is 11.9. The minimum absolute atomic E-state index is 0. The van der Waals surface area contributed by atoms with Crippen LogP contribution < -0.4 is 0 Å². The van der Waals surface area contributed by atoms with Crippen LogP contribution in [0.1, 0.15) is 6.42 Å². The first-order chi connectivity index (χ1) is 10.1. The third-order valence-electron chi connectivity index (χ3n) is 2.24. The molecule has 2 N–H and O–H groups in total. The molecule has 1 aliphatic rings. The summed E-state index contributed by atoms with van der Waals surface area (Å²) in [6.07, 6.45) is 10.0. The number of aromatic hydroxyl groups is 2. The zero-order valence-corrected chi connectivity index (χ0v) is 14.2. The van der Waals surface area contributed by atoms with Gasteiger partial charge in [0.25, 0.3) is 0 Å². The van der Waals surface area contributed by atoms with E-state index >= 15 is 0 Å². The summed E-state index contributed by atoms with van der Waals surface area (Å²) in [6.45, 7) is 0. The van der Waals surface area contributed by atoms with Crippen molar-refractivity contribution in [1.29, 1.82) is 0 Å². The van der Waals surface area contributed by atoms with Gasteiger partial charge in [0.1, 0.15) is 23.1 Å². The molecule has 0 fully saturated rings. The van der Waals surface area contributed by atoms with E-state index in [9.17, 15) is 8.78 Å². The van der Waals surface area contributed by atoms with Gasteiger partial charge in [-0.05, 0) is 48.5 Å². The molecule has 5 heteroatoms. The number of rotatable bonds is 0. The van der Waals surface area contributed by atoms with Crippen LogP contribution in [0.4, 0.5) is 8.78 Å². The maximum atomic E-state index is 12.0. The second-order valence-electron chi connectivity index (χ2n) is 3.96. The number of hydrogen-bond donors (Lipinski definition) is 2. The van der Waals surface area contributed by atoms with Crippen molar-refractivity contribution in [3.8, 4) is 11.5 Å². The van der Waals surface area contributed by atoms with Crippen LogP contribution in [0, 0.1) is 17.7 Å². The minimum atomic E-state index is -0.331. The normalized spacial score (nSPS) is 10.6. The molecule has 0 saturated heterocycles. The van der Waals surface area contributed by atoms with E-state index < -0.39 is 0 Å². The number of phenolic OH excluding ortho intramolecular Hbond substituents is 2. The summed E-state index contributed by atoms with van der Waals surface area (Å²) in [7, 11) is 0. The molecule has 2 nitrogen and oxygen atoms in total. The van der Waals surface area contributed by atoms with Gasteiger partial charge < -0.3 is 10.2 Å². The smallest absolute Gasteiger partial charge is 0.123 e. The molecule has 1 aliphatic carbocycles. The first kappa shape index (κ1) is 20.3. The largest absolute Gasteiger partial charge is 0.508 e. The summed E-state index contributed by atoms with van der Waals surface area (Å²) < 4.78 is 24.0. The maximum absolute atomic E-state index is 12.0. The van der Waals surface area contributed by atoms with Crippen molar-refractivity contribution < 1.29 is 45.2 Å². The summed E-state index contributed by atoms with van der Waals surface area (Å²) in [5, 5.41) is 17.2.